The minimum absolute atomic E-state index is 0.0682. The van der Waals surface area contributed by atoms with E-state index < -0.39 is 0 Å². The summed E-state index contributed by atoms with van der Waals surface area (Å²) in [5.74, 6) is 0.662. The normalized spacial score (nSPS) is 14.8. The van der Waals surface area contributed by atoms with Gasteiger partial charge in [0.25, 0.3) is 5.91 Å². The molecule has 2 amide bonds. The first-order chi connectivity index (χ1) is 14.1. The number of aromatic nitrogens is 2. The average Bonchev–Trinajstić information content (AvgIpc) is 3.41. The predicted octanol–water partition coefficient (Wildman–Crippen LogP) is 3.35. The van der Waals surface area contributed by atoms with Crippen molar-refractivity contribution in [3.63, 3.8) is 0 Å². The van der Waals surface area contributed by atoms with Gasteiger partial charge in [-0.05, 0) is 37.1 Å². The van der Waals surface area contributed by atoms with E-state index in [9.17, 15) is 9.59 Å². The quantitative estimate of drug-likeness (QED) is 0.695. The molecule has 0 bridgehead atoms. The van der Waals surface area contributed by atoms with E-state index in [0.717, 1.165) is 23.9 Å². The van der Waals surface area contributed by atoms with Crippen LogP contribution in [0.25, 0.3) is 11.0 Å². The fourth-order valence-electron chi connectivity index (χ4n) is 4.01. The van der Waals surface area contributed by atoms with E-state index in [1.807, 2.05) is 40.8 Å². The summed E-state index contributed by atoms with van der Waals surface area (Å²) < 4.78 is 7.04. The molecule has 0 aliphatic heterocycles. The van der Waals surface area contributed by atoms with Crippen molar-refractivity contribution in [1.82, 2.24) is 19.8 Å². The molecule has 0 unspecified atom stereocenters. The van der Waals surface area contributed by atoms with Gasteiger partial charge in [-0.15, -0.1) is 0 Å². The van der Waals surface area contributed by atoms with Crippen LogP contribution in [0.2, 0.25) is 0 Å². The number of benzene rings is 1. The van der Waals surface area contributed by atoms with Crippen LogP contribution in [0.3, 0.4) is 0 Å². The van der Waals surface area contributed by atoms with E-state index in [2.05, 4.69) is 10.3 Å². The van der Waals surface area contributed by atoms with Crippen molar-refractivity contribution in [2.45, 2.75) is 51.2 Å². The fourth-order valence-corrected chi connectivity index (χ4v) is 4.01. The van der Waals surface area contributed by atoms with Crippen LogP contribution < -0.4 is 5.32 Å². The largest absolute Gasteiger partial charge is 0.459 e. The highest BCUT2D eigenvalue weighted by atomic mass is 16.3. The number of para-hydroxylation sites is 2. The summed E-state index contributed by atoms with van der Waals surface area (Å²) >= 11 is 0. The topological polar surface area (TPSA) is 80.4 Å². The van der Waals surface area contributed by atoms with Crippen molar-refractivity contribution in [1.29, 1.82) is 0 Å². The number of imidazole rings is 1. The molecule has 1 aliphatic carbocycles. The number of carbonyl (C=O) groups excluding carboxylic acids is 2. The van der Waals surface area contributed by atoms with Crippen molar-refractivity contribution in [3.8, 4) is 0 Å². The van der Waals surface area contributed by atoms with Gasteiger partial charge in [0.2, 0.25) is 5.91 Å². The second-order valence-corrected chi connectivity index (χ2v) is 7.56. The van der Waals surface area contributed by atoms with Gasteiger partial charge in [0.1, 0.15) is 12.4 Å². The molecule has 0 radical (unpaired) electrons. The van der Waals surface area contributed by atoms with E-state index in [1.54, 1.807) is 12.1 Å². The number of nitrogens with one attached hydrogen (secondary N) is 1. The van der Waals surface area contributed by atoms with Crippen LogP contribution in [-0.4, -0.2) is 39.4 Å². The lowest BCUT2D eigenvalue weighted by Crippen LogP contribution is -2.40. The van der Waals surface area contributed by atoms with Gasteiger partial charge in [-0.1, -0.05) is 31.4 Å². The minimum atomic E-state index is -0.306. The van der Waals surface area contributed by atoms with Crippen LogP contribution in [0.1, 0.15) is 48.5 Å². The third kappa shape index (κ3) is 4.18. The maximum absolute atomic E-state index is 13.0. The Hall–Kier alpha value is -3.09. The van der Waals surface area contributed by atoms with Gasteiger partial charge in [0, 0.05) is 13.1 Å². The monoisotopic (exact) mass is 394 g/mol. The Morgan fingerprint density at radius 1 is 1.17 bits per heavy atom. The molecule has 0 atom stereocenters. The molecule has 2 aromatic heterocycles. The highest BCUT2D eigenvalue weighted by Gasteiger charge is 2.23. The second-order valence-electron chi connectivity index (χ2n) is 7.56. The lowest BCUT2D eigenvalue weighted by atomic mass is 9.94. The molecule has 1 N–H and O–H groups in total. The zero-order valence-electron chi connectivity index (χ0n) is 16.6. The number of nitrogens with zero attached hydrogens (tertiary/aromatic N) is 3. The first-order valence-corrected chi connectivity index (χ1v) is 10.1. The van der Waals surface area contributed by atoms with E-state index in [4.69, 9.17) is 4.42 Å². The number of fused-ring (bicyclic) bond motifs is 1. The predicted molar refractivity (Wildman–Crippen MR) is 109 cm³/mol. The Balaban J connectivity index is 1.53. The molecular formula is C22H26N4O3. The lowest BCUT2D eigenvalue weighted by molar-refractivity contribution is -0.133. The Labute approximate surface area is 169 Å². The van der Waals surface area contributed by atoms with Crippen LogP contribution in [0.5, 0.6) is 0 Å². The number of hydrogen-bond acceptors (Lipinski definition) is 4. The minimum Gasteiger partial charge on any atom is -0.459 e. The number of furan rings is 1. The van der Waals surface area contributed by atoms with Crippen molar-refractivity contribution in [2.75, 3.05) is 7.05 Å². The summed E-state index contributed by atoms with van der Waals surface area (Å²) in [6.45, 7) is 0.425. The molecule has 7 nitrogen and oxygen atoms in total. The molecule has 29 heavy (non-hydrogen) atoms. The third-order valence-corrected chi connectivity index (χ3v) is 5.69. The highest BCUT2D eigenvalue weighted by molar-refractivity contribution is 5.91. The molecule has 7 heteroatoms. The van der Waals surface area contributed by atoms with Crippen LogP contribution in [0, 0.1) is 0 Å². The first kappa shape index (κ1) is 19.2. The summed E-state index contributed by atoms with van der Waals surface area (Å²) in [4.78, 5) is 31.8. The van der Waals surface area contributed by atoms with Gasteiger partial charge in [0.05, 0.1) is 23.8 Å². The molecular weight excluding hydrogens is 368 g/mol. The molecule has 152 valence electrons. The number of likely N-dealkylation sites (N-methyl/N-ethyl adjacent to an activating group) is 1. The first-order valence-electron chi connectivity index (χ1n) is 10.1. The maximum atomic E-state index is 13.0. The van der Waals surface area contributed by atoms with Crippen LogP contribution in [-0.2, 0) is 17.9 Å². The van der Waals surface area contributed by atoms with Gasteiger partial charge in [-0.25, -0.2) is 4.98 Å². The van der Waals surface area contributed by atoms with Crippen molar-refractivity contribution < 1.29 is 14.0 Å². The van der Waals surface area contributed by atoms with Gasteiger partial charge < -0.3 is 19.2 Å². The zero-order chi connectivity index (χ0) is 20.2. The number of carbonyl (C=O) groups is 2. The zero-order valence-corrected chi connectivity index (χ0v) is 16.6. The molecule has 0 saturated heterocycles. The highest BCUT2D eigenvalue weighted by Crippen LogP contribution is 2.23. The number of rotatable bonds is 6. The molecule has 4 rings (SSSR count). The second kappa shape index (κ2) is 8.51. The molecule has 1 fully saturated rings. The van der Waals surface area contributed by atoms with E-state index in [1.165, 1.54) is 25.5 Å². The van der Waals surface area contributed by atoms with E-state index in [0.29, 0.717) is 11.9 Å². The SMILES string of the molecule is CN(C(=O)Cn1c(CNC(=O)c2ccco2)nc2ccccc21)C1CCCCC1. The van der Waals surface area contributed by atoms with Crippen molar-refractivity contribution in [2.24, 2.45) is 0 Å². The summed E-state index contributed by atoms with van der Waals surface area (Å²) in [6, 6.07) is 11.3. The number of amides is 2. The van der Waals surface area contributed by atoms with Crippen molar-refractivity contribution in [3.05, 3.63) is 54.2 Å². The molecule has 2 heterocycles. The molecule has 1 aliphatic rings. The Kier molecular flexibility index (Phi) is 5.64. The van der Waals surface area contributed by atoms with Gasteiger partial charge in [-0.3, -0.25) is 9.59 Å². The smallest absolute Gasteiger partial charge is 0.287 e. The lowest BCUT2D eigenvalue weighted by Gasteiger charge is -2.31. The van der Waals surface area contributed by atoms with Crippen molar-refractivity contribution >= 4 is 22.8 Å². The molecule has 1 saturated carbocycles. The summed E-state index contributed by atoms with van der Waals surface area (Å²) in [5, 5.41) is 2.83. The summed E-state index contributed by atoms with van der Waals surface area (Å²) in [5.41, 5.74) is 1.70. The van der Waals surface area contributed by atoms with E-state index >= 15 is 0 Å². The molecule has 1 aromatic carbocycles. The van der Waals surface area contributed by atoms with Gasteiger partial charge >= 0.3 is 0 Å². The maximum Gasteiger partial charge on any atom is 0.287 e. The van der Waals surface area contributed by atoms with Crippen LogP contribution in [0.4, 0.5) is 0 Å². The average molecular weight is 394 g/mol. The van der Waals surface area contributed by atoms with Crippen LogP contribution in [0.15, 0.2) is 47.1 Å². The third-order valence-electron chi connectivity index (χ3n) is 5.69. The van der Waals surface area contributed by atoms with E-state index in [-0.39, 0.29) is 30.7 Å². The number of hydrogen-bond donors (Lipinski definition) is 1. The standard InChI is InChI=1S/C22H26N4O3/c1-25(16-8-3-2-4-9-16)21(27)15-26-18-11-6-5-10-17(18)24-20(26)14-23-22(28)19-12-7-13-29-19/h5-7,10-13,16H,2-4,8-9,14-15H2,1H3,(H,23,28). The summed E-state index contributed by atoms with van der Waals surface area (Å²) in [7, 11) is 1.90. The Bertz CT molecular complexity index is 987. The van der Waals surface area contributed by atoms with Crippen LogP contribution >= 0.6 is 0 Å². The summed E-state index contributed by atoms with van der Waals surface area (Å²) in [6.07, 6.45) is 7.22. The Morgan fingerprint density at radius 3 is 2.72 bits per heavy atom. The molecule has 0 spiro atoms. The molecule has 3 aromatic rings. The van der Waals surface area contributed by atoms with Gasteiger partial charge in [-0.2, -0.15) is 0 Å². The van der Waals surface area contributed by atoms with Gasteiger partial charge in [0.15, 0.2) is 5.76 Å². The Morgan fingerprint density at radius 2 is 1.97 bits per heavy atom. The fraction of sp³-hybridized carbons (Fsp3) is 0.409.